The number of ether oxygens (including phenoxy) is 2. The molecule has 1 aliphatic rings. The van der Waals surface area contributed by atoms with Crippen LogP contribution in [0.2, 0.25) is 0 Å². The number of halogens is 1. The number of carbonyl (C=O) groups is 1. The molecule has 0 spiro atoms. The second-order valence-corrected chi connectivity index (χ2v) is 6.21. The highest BCUT2D eigenvalue weighted by Crippen LogP contribution is 2.35. The molecule has 1 aromatic carbocycles. The van der Waals surface area contributed by atoms with Gasteiger partial charge in [-0.2, -0.15) is 0 Å². The first-order valence-corrected chi connectivity index (χ1v) is 8.05. The van der Waals surface area contributed by atoms with Gasteiger partial charge in [0.2, 0.25) is 5.88 Å². The Bertz CT molecular complexity index is 854. The summed E-state index contributed by atoms with van der Waals surface area (Å²) in [6.07, 6.45) is 1.33. The smallest absolute Gasteiger partial charge is 0.418 e. The normalized spacial score (nSPS) is 19.3. The van der Waals surface area contributed by atoms with E-state index in [2.05, 4.69) is 15.3 Å². The SMILES string of the molecule is Cc1ccc(OC(=O)Nc2ccc(F)c([C@]3(C)CCOC(N)=N3)c2)nc1. The van der Waals surface area contributed by atoms with E-state index >= 15 is 0 Å². The van der Waals surface area contributed by atoms with Crippen LogP contribution < -0.4 is 15.8 Å². The van der Waals surface area contributed by atoms with Crippen LogP contribution in [0.15, 0.2) is 41.5 Å². The molecular formula is C18H19FN4O3. The number of nitrogens with zero attached hydrogens (tertiary/aromatic N) is 2. The van der Waals surface area contributed by atoms with Crippen molar-refractivity contribution in [3.05, 3.63) is 53.5 Å². The number of hydrogen-bond donors (Lipinski definition) is 2. The van der Waals surface area contributed by atoms with Crippen molar-refractivity contribution < 1.29 is 18.7 Å². The highest BCUT2D eigenvalue weighted by atomic mass is 19.1. The molecule has 3 N–H and O–H groups in total. The van der Waals surface area contributed by atoms with E-state index in [-0.39, 0.29) is 11.9 Å². The Morgan fingerprint density at radius 1 is 1.38 bits per heavy atom. The lowest BCUT2D eigenvalue weighted by molar-refractivity contribution is 0.212. The largest absolute Gasteiger partial charge is 0.465 e. The van der Waals surface area contributed by atoms with Crippen LogP contribution in [0.25, 0.3) is 0 Å². The molecule has 8 heteroatoms. The van der Waals surface area contributed by atoms with Gasteiger partial charge in [0.1, 0.15) is 5.82 Å². The molecule has 7 nitrogen and oxygen atoms in total. The number of aryl methyl sites for hydroxylation is 1. The zero-order chi connectivity index (χ0) is 18.7. The third-order valence-corrected chi connectivity index (χ3v) is 4.07. The maximum atomic E-state index is 14.3. The Morgan fingerprint density at radius 3 is 2.88 bits per heavy atom. The predicted molar refractivity (Wildman–Crippen MR) is 94.6 cm³/mol. The first-order chi connectivity index (χ1) is 12.4. The van der Waals surface area contributed by atoms with Gasteiger partial charge in [-0.3, -0.25) is 5.32 Å². The number of benzene rings is 1. The van der Waals surface area contributed by atoms with Crippen LogP contribution >= 0.6 is 0 Å². The number of hydrogen-bond acceptors (Lipinski definition) is 6. The van der Waals surface area contributed by atoms with Crippen LogP contribution in [-0.2, 0) is 10.3 Å². The lowest BCUT2D eigenvalue weighted by atomic mass is 9.88. The fourth-order valence-electron chi connectivity index (χ4n) is 2.65. The maximum absolute atomic E-state index is 14.3. The molecular weight excluding hydrogens is 339 g/mol. The molecule has 26 heavy (non-hydrogen) atoms. The molecule has 1 amide bonds. The van der Waals surface area contributed by atoms with Gasteiger partial charge in [-0.1, -0.05) is 6.07 Å². The average Bonchev–Trinajstić information content (AvgIpc) is 2.58. The van der Waals surface area contributed by atoms with Gasteiger partial charge >= 0.3 is 6.09 Å². The molecule has 136 valence electrons. The summed E-state index contributed by atoms with van der Waals surface area (Å²) in [5, 5.41) is 2.56. The number of pyridine rings is 1. The van der Waals surface area contributed by atoms with E-state index in [1.807, 2.05) is 6.92 Å². The van der Waals surface area contributed by atoms with Gasteiger partial charge in [-0.25, -0.2) is 19.2 Å². The van der Waals surface area contributed by atoms with Crippen molar-refractivity contribution in [2.45, 2.75) is 25.8 Å². The number of anilines is 1. The third-order valence-electron chi connectivity index (χ3n) is 4.07. The van der Waals surface area contributed by atoms with E-state index in [4.69, 9.17) is 15.2 Å². The van der Waals surface area contributed by atoms with E-state index in [9.17, 15) is 9.18 Å². The lowest BCUT2D eigenvalue weighted by Crippen LogP contribution is -2.34. The summed E-state index contributed by atoms with van der Waals surface area (Å²) in [6.45, 7) is 3.98. The van der Waals surface area contributed by atoms with Gasteiger partial charge in [0.05, 0.1) is 12.1 Å². The minimum atomic E-state index is -0.869. The summed E-state index contributed by atoms with van der Waals surface area (Å²) < 4.78 is 24.6. The summed E-state index contributed by atoms with van der Waals surface area (Å²) in [4.78, 5) is 20.3. The fraction of sp³-hybridized carbons (Fsp3) is 0.278. The molecule has 1 aromatic heterocycles. The Balaban J connectivity index is 1.78. The van der Waals surface area contributed by atoms with Crippen molar-refractivity contribution >= 4 is 17.8 Å². The number of carbonyl (C=O) groups excluding carboxylic acids is 1. The summed E-state index contributed by atoms with van der Waals surface area (Å²) in [5.74, 6) is -0.269. The lowest BCUT2D eigenvalue weighted by Gasteiger charge is -2.30. The van der Waals surface area contributed by atoms with Gasteiger partial charge in [0.15, 0.2) is 0 Å². The Morgan fingerprint density at radius 2 is 2.19 bits per heavy atom. The minimum absolute atomic E-state index is 0.0152. The summed E-state index contributed by atoms with van der Waals surface area (Å²) in [5.41, 5.74) is 6.39. The predicted octanol–water partition coefficient (Wildman–Crippen LogP) is 3.09. The van der Waals surface area contributed by atoms with Crippen molar-refractivity contribution in [3.8, 4) is 5.88 Å². The molecule has 0 bridgehead atoms. The van der Waals surface area contributed by atoms with Crippen LogP contribution in [0, 0.1) is 12.7 Å². The standard InChI is InChI=1S/C18H19FN4O3/c1-11-3-6-15(21-10-11)26-17(24)22-12-4-5-14(19)13(9-12)18(2)7-8-25-16(20)23-18/h3-6,9-10H,7-8H2,1-2H3,(H2,20,23)(H,22,24)/t18-/m0/s1. The Labute approximate surface area is 150 Å². The molecule has 0 saturated carbocycles. The van der Waals surface area contributed by atoms with Gasteiger partial charge in [-0.05, 0) is 37.6 Å². The van der Waals surface area contributed by atoms with E-state index in [0.717, 1.165) is 5.56 Å². The van der Waals surface area contributed by atoms with E-state index in [0.29, 0.717) is 24.3 Å². The Hall–Kier alpha value is -3.16. The van der Waals surface area contributed by atoms with Crippen LogP contribution in [0.4, 0.5) is 14.9 Å². The average molecular weight is 358 g/mol. The molecule has 1 atom stereocenters. The number of aliphatic imine (C=N–C) groups is 1. The monoisotopic (exact) mass is 358 g/mol. The van der Waals surface area contributed by atoms with E-state index in [1.165, 1.54) is 18.2 Å². The molecule has 0 fully saturated rings. The van der Waals surface area contributed by atoms with Crippen LogP contribution in [0.5, 0.6) is 5.88 Å². The third kappa shape index (κ3) is 3.90. The highest BCUT2D eigenvalue weighted by Gasteiger charge is 2.33. The van der Waals surface area contributed by atoms with Crippen molar-refractivity contribution in [1.82, 2.24) is 4.98 Å². The number of nitrogens with two attached hydrogens (primary N) is 1. The fourth-order valence-corrected chi connectivity index (χ4v) is 2.65. The van der Waals surface area contributed by atoms with Gasteiger partial charge < -0.3 is 15.2 Å². The Kier molecular flexibility index (Phi) is 4.75. The highest BCUT2D eigenvalue weighted by molar-refractivity contribution is 5.86. The van der Waals surface area contributed by atoms with Gasteiger partial charge in [0, 0.05) is 29.9 Å². The number of nitrogens with one attached hydrogen (secondary N) is 1. The molecule has 0 unspecified atom stereocenters. The van der Waals surface area contributed by atoms with E-state index in [1.54, 1.807) is 25.3 Å². The van der Waals surface area contributed by atoms with Crippen LogP contribution in [0.1, 0.15) is 24.5 Å². The first kappa shape index (κ1) is 17.7. The maximum Gasteiger partial charge on any atom is 0.418 e. The van der Waals surface area contributed by atoms with Crippen molar-refractivity contribution in [1.29, 1.82) is 0 Å². The zero-order valence-corrected chi connectivity index (χ0v) is 14.5. The van der Waals surface area contributed by atoms with Crippen molar-refractivity contribution in [3.63, 3.8) is 0 Å². The van der Waals surface area contributed by atoms with E-state index < -0.39 is 17.4 Å². The quantitative estimate of drug-likeness (QED) is 0.878. The zero-order valence-electron chi connectivity index (χ0n) is 14.5. The summed E-state index contributed by atoms with van der Waals surface area (Å²) >= 11 is 0. The topological polar surface area (TPSA) is 98.8 Å². The molecule has 2 heterocycles. The number of amidine groups is 1. The second-order valence-electron chi connectivity index (χ2n) is 6.21. The summed E-state index contributed by atoms with van der Waals surface area (Å²) in [6, 6.07) is 7.61. The van der Waals surface area contributed by atoms with Gasteiger partial charge in [-0.15, -0.1) is 0 Å². The number of amides is 1. The molecule has 2 aromatic rings. The second kappa shape index (κ2) is 6.99. The van der Waals surface area contributed by atoms with Crippen LogP contribution in [0.3, 0.4) is 0 Å². The number of aromatic nitrogens is 1. The minimum Gasteiger partial charge on any atom is -0.465 e. The number of rotatable bonds is 3. The molecule has 3 rings (SSSR count). The molecule has 0 aliphatic carbocycles. The first-order valence-electron chi connectivity index (χ1n) is 8.05. The molecule has 0 saturated heterocycles. The summed E-state index contributed by atoms with van der Waals surface area (Å²) in [7, 11) is 0. The van der Waals surface area contributed by atoms with Crippen molar-refractivity contribution in [2.24, 2.45) is 10.7 Å². The van der Waals surface area contributed by atoms with Crippen molar-refractivity contribution in [2.75, 3.05) is 11.9 Å². The molecule has 0 radical (unpaired) electrons. The van der Waals surface area contributed by atoms with Crippen LogP contribution in [-0.4, -0.2) is 23.7 Å². The van der Waals surface area contributed by atoms with Gasteiger partial charge in [0.25, 0.3) is 6.02 Å². The molecule has 1 aliphatic heterocycles.